The van der Waals surface area contributed by atoms with Gasteiger partial charge in [0.2, 0.25) is 10.0 Å². The molecule has 0 saturated heterocycles. The van der Waals surface area contributed by atoms with Crippen molar-refractivity contribution in [2.24, 2.45) is 5.10 Å². The Balaban J connectivity index is 1.89. The van der Waals surface area contributed by atoms with Gasteiger partial charge >= 0.3 is 0 Å². The molecule has 0 spiro atoms. The fraction of sp³-hybridized carbons (Fsp3) is 0.250. The first-order valence-corrected chi connectivity index (χ1v) is 9.14. The Morgan fingerprint density at radius 2 is 2.00 bits per heavy atom. The van der Waals surface area contributed by atoms with E-state index >= 15 is 0 Å². The lowest BCUT2D eigenvalue weighted by atomic mass is 10.1. The van der Waals surface area contributed by atoms with Gasteiger partial charge in [0.15, 0.2) is 0 Å². The summed E-state index contributed by atoms with van der Waals surface area (Å²) in [6.07, 6.45) is 4.43. The fourth-order valence-electron chi connectivity index (χ4n) is 1.99. The summed E-state index contributed by atoms with van der Waals surface area (Å²) in [5.41, 5.74) is 3.29. The van der Waals surface area contributed by atoms with Crippen molar-refractivity contribution in [2.75, 3.05) is 19.3 Å². The molecule has 0 unspecified atom stereocenters. The summed E-state index contributed by atoms with van der Waals surface area (Å²) in [5.74, 6) is -0.0318. The van der Waals surface area contributed by atoms with Crippen LogP contribution in [-0.4, -0.2) is 44.2 Å². The second-order valence-corrected chi connectivity index (χ2v) is 7.12. The lowest BCUT2D eigenvalue weighted by Crippen LogP contribution is -2.40. The molecule has 0 bridgehead atoms. The molecule has 1 aromatic carbocycles. The van der Waals surface area contributed by atoms with Gasteiger partial charge in [0.25, 0.3) is 5.91 Å². The standard InChI is InChI=1S/C16H19N3O4S/c1-24(21,22)19(10-9-14-6-3-2-4-7-14)13-16(20)18-17-12-15-8-5-11-23-15/h2-8,11-12H,9-10,13H2,1H3,(H,18,20). The lowest BCUT2D eigenvalue weighted by molar-refractivity contribution is -0.121. The average molecular weight is 349 g/mol. The Kier molecular flexibility index (Phi) is 6.28. The van der Waals surface area contributed by atoms with Crippen molar-refractivity contribution >= 4 is 22.1 Å². The first-order valence-electron chi connectivity index (χ1n) is 7.29. The van der Waals surface area contributed by atoms with Crippen LogP contribution in [0.15, 0.2) is 58.2 Å². The molecular formula is C16H19N3O4S. The van der Waals surface area contributed by atoms with Gasteiger partial charge in [-0.15, -0.1) is 0 Å². The van der Waals surface area contributed by atoms with E-state index in [9.17, 15) is 13.2 Å². The molecular weight excluding hydrogens is 330 g/mol. The van der Waals surface area contributed by atoms with Crippen LogP contribution in [0.1, 0.15) is 11.3 Å². The van der Waals surface area contributed by atoms with Gasteiger partial charge in [0.05, 0.1) is 25.3 Å². The molecule has 2 aromatic rings. The van der Waals surface area contributed by atoms with Crippen LogP contribution < -0.4 is 5.43 Å². The van der Waals surface area contributed by atoms with Crippen molar-refractivity contribution in [1.82, 2.24) is 9.73 Å². The summed E-state index contributed by atoms with van der Waals surface area (Å²) in [7, 11) is -3.50. The largest absolute Gasteiger partial charge is 0.463 e. The number of carbonyl (C=O) groups is 1. The van der Waals surface area contributed by atoms with Gasteiger partial charge in [0, 0.05) is 6.54 Å². The zero-order chi connectivity index (χ0) is 17.4. The van der Waals surface area contributed by atoms with Crippen LogP contribution in [0.2, 0.25) is 0 Å². The summed E-state index contributed by atoms with van der Waals surface area (Å²) >= 11 is 0. The number of carbonyl (C=O) groups excluding carboxylic acids is 1. The third kappa shape index (κ3) is 5.98. The number of rotatable bonds is 8. The van der Waals surface area contributed by atoms with E-state index < -0.39 is 15.9 Å². The van der Waals surface area contributed by atoms with Crippen LogP contribution in [0.4, 0.5) is 0 Å². The Bertz CT molecular complexity index is 771. The van der Waals surface area contributed by atoms with E-state index in [0.717, 1.165) is 16.1 Å². The number of amides is 1. The van der Waals surface area contributed by atoms with Gasteiger partial charge < -0.3 is 4.42 Å². The normalized spacial score (nSPS) is 11.9. The summed E-state index contributed by atoms with van der Waals surface area (Å²) in [5, 5.41) is 3.73. The van der Waals surface area contributed by atoms with E-state index in [-0.39, 0.29) is 13.1 Å². The van der Waals surface area contributed by atoms with Crippen LogP contribution in [0.25, 0.3) is 0 Å². The highest BCUT2D eigenvalue weighted by Gasteiger charge is 2.19. The van der Waals surface area contributed by atoms with Crippen molar-refractivity contribution in [2.45, 2.75) is 6.42 Å². The quantitative estimate of drug-likeness (QED) is 0.573. The molecule has 0 radical (unpaired) electrons. The summed E-state index contributed by atoms with van der Waals surface area (Å²) in [6, 6.07) is 12.9. The molecule has 0 aliphatic rings. The molecule has 0 aliphatic carbocycles. The monoisotopic (exact) mass is 349 g/mol. The first kappa shape index (κ1) is 17.9. The fourth-order valence-corrected chi connectivity index (χ4v) is 2.76. The van der Waals surface area contributed by atoms with Crippen molar-refractivity contribution in [3.8, 4) is 0 Å². The molecule has 0 fully saturated rings. The Morgan fingerprint density at radius 1 is 1.25 bits per heavy atom. The van der Waals surface area contributed by atoms with Gasteiger partial charge in [-0.25, -0.2) is 13.8 Å². The van der Waals surface area contributed by atoms with E-state index in [1.807, 2.05) is 30.3 Å². The minimum absolute atomic E-state index is 0.220. The molecule has 1 amide bonds. The highest BCUT2D eigenvalue weighted by molar-refractivity contribution is 7.88. The van der Waals surface area contributed by atoms with Gasteiger partial charge in [-0.2, -0.15) is 9.41 Å². The highest BCUT2D eigenvalue weighted by Crippen LogP contribution is 2.04. The molecule has 1 aromatic heterocycles. The van der Waals surface area contributed by atoms with Crippen LogP contribution in [0, 0.1) is 0 Å². The Labute approximate surface area is 141 Å². The SMILES string of the molecule is CS(=O)(=O)N(CCc1ccccc1)CC(=O)NN=Cc1ccco1. The number of benzene rings is 1. The van der Waals surface area contributed by atoms with Crippen LogP contribution in [0.5, 0.6) is 0 Å². The molecule has 128 valence electrons. The van der Waals surface area contributed by atoms with E-state index in [1.165, 1.54) is 12.5 Å². The minimum atomic E-state index is -3.50. The topological polar surface area (TPSA) is 92.0 Å². The smallest absolute Gasteiger partial charge is 0.255 e. The van der Waals surface area contributed by atoms with Crippen molar-refractivity contribution in [3.63, 3.8) is 0 Å². The van der Waals surface area contributed by atoms with E-state index in [1.54, 1.807) is 12.1 Å². The van der Waals surface area contributed by atoms with E-state index in [2.05, 4.69) is 10.5 Å². The molecule has 1 N–H and O–H groups in total. The third-order valence-corrected chi connectivity index (χ3v) is 4.46. The van der Waals surface area contributed by atoms with Crippen LogP contribution >= 0.6 is 0 Å². The second-order valence-electron chi connectivity index (χ2n) is 5.14. The van der Waals surface area contributed by atoms with Crippen molar-refractivity contribution in [1.29, 1.82) is 0 Å². The Morgan fingerprint density at radius 3 is 2.62 bits per heavy atom. The number of nitrogens with zero attached hydrogens (tertiary/aromatic N) is 2. The van der Waals surface area contributed by atoms with Gasteiger partial charge in [-0.05, 0) is 24.1 Å². The maximum atomic E-state index is 11.9. The van der Waals surface area contributed by atoms with Crippen molar-refractivity contribution < 1.29 is 17.6 Å². The molecule has 1 heterocycles. The number of hydrogen-bond acceptors (Lipinski definition) is 5. The summed E-state index contributed by atoms with van der Waals surface area (Å²) < 4.78 is 29.8. The van der Waals surface area contributed by atoms with Crippen LogP contribution in [-0.2, 0) is 21.2 Å². The molecule has 7 nitrogen and oxygen atoms in total. The molecule has 24 heavy (non-hydrogen) atoms. The second kappa shape index (κ2) is 8.42. The average Bonchev–Trinajstić information content (AvgIpc) is 3.04. The molecule has 8 heteroatoms. The number of nitrogens with one attached hydrogen (secondary N) is 1. The number of furan rings is 1. The van der Waals surface area contributed by atoms with Gasteiger partial charge in [0.1, 0.15) is 5.76 Å². The molecule has 0 saturated carbocycles. The van der Waals surface area contributed by atoms with E-state index in [4.69, 9.17) is 4.42 Å². The van der Waals surface area contributed by atoms with Crippen molar-refractivity contribution in [3.05, 3.63) is 60.1 Å². The zero-order valence-corrected chi connectivity index (χ0v) is 14.1. The highest BCUT2D eigenvalue weighted by atomic mass is 32.2. The summed E-state index contributed by atoms with van der Waals surface area (Å²) in [6.45, 7) is -0.0701. The third-order valence-electron chi connectivity index (χ3n) is 3.21. The molecule has 0 atom stereocenters. The number of sulfonamides is 1. The summed E-state index contributed by atoms with van der Waals surface area (Å²) in [4.78, 5) is 11.9. The predicted octanol–water partition coefficient (Wildman–Crippen LogP) is 1.23. The Hall–Kier alpha value is -2.45. The lowest BCUT2D eigenvalue weighted by Gasteiger charge is -2.18. The number of hydrogen-bond donors (Lipinski definition) is 1. The minimum Gasteiger partial charge on any atom is -0.463 e. The van der Waals surface area contributed by atoms with Crippen LogP contribution in [0.3, 0.4) is 0 Å². The first-order chi connectivity index (χ1) is 11.4. The zero-order valence-electron chi connectivity index (χ0n) is 13.3. The maximum Gasteiger partial charge on any atom is 0.255 e. The maximum absolute atomic E-state index is 11.9. The van der Waals surface area contributed by atoms with E-state index in [0.29, 0.717) is 12.2 Å². The molecule has 2 rings (SSSR count). The predicted molar refractivity (Wildman–Crippen MR) is 91.0 cm³/mol. The van der Waals surface area contributed by atoms with Gasteiger partial charge in [-0.3, -0.25) is 4.79 Å². The van der Waals surface area contributed by atoms with Gasteiger partial charge in [-0.1, -0.05) is 30.3 Å². The number of hydrazone groups is 1. The molecule has 0 aliphatic heterocycles.